The van der Waals surface area contributed by atoms with Crippen molar-refractivity contribution < 1.29 is 4.58 Å². The molecule has 36 heavy (non-hydrogen) atoms. The van der Waals surface area contributed by atoms with E-state index >= 15 is 0 Å². The third-order valence-corrected chi connectivity index (χ3v) is 8.55. The molecular formula is C34H35N2+. The lowest BCUT2D eigenvalue weighted by Crippen LogP contribution is -2.27. The molecule has 6 rings (SSSR count). The minimum atomic E-state index is -0.0807. The van der Waals surface area contributed by atoms with Crippen molar-refractivity contribution in [1.82, 2.24) is 0 Å². The number of hydrogen-bond acceptors (Lipinski definition) is 1. The largest absolute Gasteiger partial charge is 0.347 e. The van der Waals surface area contributed by atoms with Gasteiger partial charge in [-0.2, -0.15) is 4.58 Å². The second kappa shape index (κ2) is 7.67. The third-order valence-electron chi connectivity index (χ3n) is 8.55. The molecular weight excluding hydrogens is 436 g/mol. The van der Waals surface area contributed by atoms with E-state index < -0.39 is 0 Å². The summed E-state index contributed by atoms with van der Waals surface area (Å²) in [7, 11) is 4.40. The quantitative estimate of drug-likeness (QED) is 0.267. The summed E-state index contributed by atoms with van der Waals surface area (Å²) in [4.78, 5) is 2.37. The van der Waals surface area contributed by atoms with Gasteiger partial charge in [-0.25, -0.2) is 0 Å². The highest BCUT2D eigenvalue weighted by Gasteiger charge is 2.44. The molecule has 2 aliphatic heterocycles. The Labute approximate surface area is 214 Å². The van der Waals surface area contributed by atoms with E-state index in [0.29, 0.717) is 0 Å². The van der Waals surface area contributed by atoms with Crippen molar-refractivity contribution in [3.05, 3.63) is 107 Å². The van der Waals surface area contributed by atoms with Gasteiger partial charge in [0.25, 0.3) is 0 Å². The average molecular weight is 472 g/mol. The van der Waals surface area contributed by atoms with Crippen LogP contribution in [-0.2, 0) is 10.8 Å². The molecule has 0 radical (unpaired) electrons. The second-order valence-corrected chi connectivity index (χ2v) is 11.5. The van der Waals surface area contributed by atoms with Crippen molar-refractivity contribution in [1.29, 1.82) is 0 Å². The zero-order valence-electron chi connectivity index (χ0n) is 22.5. The number of allylic oxidation sites excluding steroid dienone is 4. The van der Waals surface area contributed by atoms with Crippen LogP contribution in [0.15, 0.2) is 90.7 Å². The SMILES string of the molecule is Cc1ccc2ccc3c(c2c1)C(C)(C)/C(=C\C=C\C1=[N+](C)c2ccc4ccccc4c2C1(C)C)N3C. The average Bonchev–Trinajstić information content (AvgIpc) is 3.17. The van der Waals surface area contributed by atoms with E-state index in [-0.39, 0.29) is 10.8 Å². The van der Waals surface area contributed by atoms with E-state index in [1.807, 2.05) is 0 Å². The minimum Gasteiger partial charge on any atom is -0.347 e. The molecule has 0 aromatic heterocycles. The lowest BCUT2D eigenvalue weighted by Gasteiger charge is -2.24. The Morgan fingerprint density at radius 2 is 1.47 bits per heavy atom. The molecule has 0 fully saturated rings. The van der Waals surface area contributed by atoms with Crippen LogP contribution in [-0.4, -0.2) is 24.4 Å². The molecule has 0 atom stereocenters. The van der Waals surface area contributed by atoms with E-state index in [9.17, 15) is 0 Å². The highest BCUT2D eigenvalue weighted by molar-refractivity contribution is 6.07. The van der Waals surface area contributed by atoms with Gasteiger partial charge in [0.05, 0.1) is 5.41 Å². The molecule has 4 aromatic rings. The summed E-state index contributed by atoms with van der Waals surface area (Å²) in [5.74, 6) is 0. The summed E-state index contributed by atoms with van der Waals surface area (Å²) >= 11 is 0. The molecule has 2 nitrogen and oxygen atoms in total. The van der Waals surface area contributed by atoms with E-state index in [2.05, 4.69) is 143 Å². The lowest BCUT2D eigenvalue weighted by molar-refractivity contribution is -0.401. The molecule has 0 amide bonds. The van der Waals surface area contributed by atoms with E-state index in [0.717, 1.165) is 0 Å². The van der Waals surface area contributed by atoms with Crippen LogP contribution in [0.5, 0.6) is 0 Å². The van der Waals surface area contributed by atoms with Crippen molar-refractivity contribution in [2.75, 3.05) is 19.0 Å². The van der Waals surface area contributed by atoms with E-state index in [1.54, 1.807) is 0 Å². The Morgan fingerprint density at radius 3 is 2.28 bits per heavy atom. The molecule has 2 heterocycles. The Bertz CT molecular complexity index is 1660. The summed E-state index contributed by atoms with van der Waals surface area (Å²) < 4.78 is 2.37. The van der Waals surface area contributed by atoms with E-state index in [4.69, 9.17) is 0 Å². The van der Waals surface area contributed by atoms with Crippen LogP contribution < -0.4 is 4.90 Å². The Balaban J connectivity index is 1.42. The first-order valence-electron chi connectivity index (χ1n) is 12.9. The molecule has 0 bridgehead atoms. The van der Waals surface area contributed by atoms with Crippen molar-refractivity contribution in [2.24, 2.45) is 0 Å². The fourth-order valence-corrected chi connectivity index (χ4v) is 6.78. The highest BCUT2D eigenvalue weighted by atomic mass is 15.2. The molecule has 0 spiro atoms. The smallest absolute Gasteiger partial charge is 0.210 e. The van der Waals surface area contributed by atoms with E-state index in [1.165, 1.54) is 61.0 Å². The molecule has 0 aliphatic carbocycles. The highest BCUT2D eigenvalue weighted by Crippen LogP contribution is 2.50. The maximum atomic E-state index is 2.37. The van der Waals surface area contributed by atoms with Gasteiger partial charge < -0.3 is 4.90 Å². The van der Waals surface area contributed by atoms with Crippen LogP contribution in [0.25, 0.3) is 21.5 Å². The molecule has 0 saturated carbocycles. The third kappa shape index (κ3) is 3.07. The van der Waals surface area contributed by atoms with Crippen molar-refractivity contribution >= 4 is 38.6 Å². The number of anilines is 1. The van der Waals surface area contributed by atoms with Crippen LogP contribution >= 0.6 is 0 Å². The molecule has 2 heteroatoms. The second-order valence-electron chi connectivity index (χ2n) is 11.5. The number of benzene rings is 4. The number of fused-ring (bicyclic) bond motifs is 6. The molecule has 0 unspecified atom stereocenters. The summed E-state index contributed by atoms with van der Waals surface area (Å²) in [5, 5.41) is 5.33. The Hall–Kier alpha value is -3.65. The van der Waals surface area contributed by atoms with Gasteiger partial charge in [-0.15, -0.1) is 0 Å². The first-order valence-corrected chi connectivity index (χ1v) is 12.9. The number of rotatable bonds is 2. The summed E-state index contributed by atoms with van der Waals surface area (Å²) in [5.41, 5.74) is 9.25. The normalized spacial score (nSPS) is 19.2. The Kier molecular flexibility index (Phi) is 4.86. The van der Waals surface area contributed by atoms with Crippen LogP contribution in [0, 0.1) is 6.92 Å². The lowest BCUT2D eigenvalue weighted by atomic mass is 9.79. The monoisotopic (exact) mass is 471 g/mol. The molecule has 4 aromatic carbocycles. The summed E-state index contributed by atoms with van der Waals surface area (Å²) in [6.07, 6.45) is 6.89. The standard InChI is InChI=1S/C34H35N2/c1-22-15-16-24-18-20-28-32(26(24)21-22)34(4,5)30(36(28)7)14-10-13-29-33(2,3)31-25-12-9-8-11-23(25)17-19-27(31)35(29)6/h8-21H,1-7H3/q+1. The number of nitrogens with zero attached hydrogens (tertiary/aromatic N) is 2. The first-order chi connectivity index (χ1) is 17.1. The van der Waals surface area contributed by atoms with Gasteiger partial charge in [0.1, 0.15) is 7.05 Å². The van der Waals surface area contributed by atoms with Gasteiger partial charge in [0.2, 0.25) is 5.69 Å². The van der Waals surface area contributed by atoms with Crippen LogP contribution in [0.1, 0.15) is 44.4 Å². The van der Waals surface area contributed by atoms with Crippen LogP contribution in [0.4, 0.5) is 11.4 Å². The zero-order valence-corrected chi connectivity index (χ0v) is 22.5. The van der Waals surface area contributed by atoms with Crippen LogP contribution in [0.2, 0.25) is 0 Å². The summed E-state index contributed by atoms with van der Waals surface area (Å²) in [6, 6.07) is 24.6. The number of hydrogen-bond donors (Lipinski definition) is 0. The van der Waals surface area contributed by atoms with Crippen LogP contribution in [0.3, 0.4) is 0 Å². The van der Waals surface area contributed by atoms with Gasteiger partial charge in [-0.05, 0) is 66.1 Å². The van der Waals surface area contributed by atoms with Gasteiger partial charge in [-0.1, -0.05) is 74.0 Å². The maximum absolute atomic E-state index is 2.37. The fourth-order valence-electron chi connectivity index (χ4n) is 6.78. The molecule has 2 aliphatic rings. The van der Waals surface area contributed by atoms with Crippen molar-refractivity contribution in [3.63, 3.8) is 0 Å². The fraction of sp³-hybridized carbons (Fsp3) is 0.265. The summed E-state index contributed by atoms with van der Waals surface area (Å²) in [6.45, 7) is 11.6. The minimum absolute atomic E-state index is 0.0757. The maximum Gasteiger partial charge on any atom is 0.210 e. The predicted octanol–water partition coefficient (Wildman–Crippen LogP) is 8.18. The topological polar surface area (TPSA) is 6.25 Å². The molecule has 0 N–H and O–H groups in total. The molecule has 0 saturated heterocycles. The van der Waals surface area contributed by atoms with Gasteiger partial charge in [0.15, 0.2) is 5.71 Å². The van der Waals surface area contributed by atoms with Crippen molar-refractivity contribution in [2.45, 2.75) is 45.4 Å². The Morgan fingerprint density at radius 1 is 0.778 bits per heavy atom. The van der Waals surface area contributed by atoms with Crippen molar-refractivity contribution in [3.8, 4) is 0 Å². The molecule has 180 valence electrons. The van der Waals surface area contributed by atoms with Gasteiger partial charge in [-0.3, -0.25) is 0 Å². The number of likely N-dealkylation sites (N-methyl/N-ethyl adjacent to an activating group) is 1. The first kappa shape index (κ1) is 22.8. The van der Waals surface area contributed by atoms with Gasteiger partial charge in [0, 0.05) is 41.6 Å². The predicted molar refractivity (Wildman–Crippen MR) is 155 cm³/mol. The van der Waals surface area contributed by atoms with Gasteiger partial charge >= 0.3 is 0 Å². The number of aryl methyl sites for hydroxylation is 1. The zero-order chi connectivity index (χ0) is 25.4.